The van der Waals surface area contributed by atoms with Gasteiger partial charge < -0.3 is 25.8 Å². The van der Waals surface area contributed by atoms with Crippen LogP contribution in [0.3, 0.4) is 0 Å². The summed E-state index contributed by atoms with van der Waals surface area (Å²) in [4.78, 5) is 17.2. The molecule has 0 saturated carbocycles. The van der Waals surface area contributed by atoms with Crippen molar-refractivity contribution in [2.45, 2.75) is 43.9 Å². The predicted octanol–water partition coefficient (Wildman–Crippen LogP) is 6.65. The molecule has 2 saturated heterocycles. The number of thiophene rings is 1. The molecule has 3 aliphatic heterocycles. The van der Waals surface area contributed by atoms with Crippen LogP contribution in [0.2, 0.25) is 0 Å². The van der Waals surface area contributed by atoms with Gasteiger partial charge in [-0.2, -0.15) is 28.4 Å². The highest BCUT2D eigenvalue weighted by Crippen LogP contribution is 2.53. The topological polar surface area (TPSA) is 139 Å². The smallest absolute Gasteiger partial charge is 0.420 e. The van der Waals surface area contributed by atoms with Gasteiger partial charge in [0.1, 0.15) is 58.6 Å². The van der Waals surface area contributed by atoms with E-state index in [0.29, 0.717) is 16.9 Å². The Kier molecular flexibility index (Phi) is 7.60. The Morgan fingerprint density at radius 2 is 1.84 bits per heavy atom. The van der Waals surface area contributed by atoms with E-state index >= 15 is 22.0 Å². The van der Waals surface area contributed by atoms with Gasteiger partial charge in [-0.05, 0) is 56.5 Å². The van der Waals surface area contributed by atoms with Crippen LogP contribution in [-0.2, 0) is 12.7 Å². The molecular weight excluding hydrogens is 679 g/mol. The van der Waals surface area contributed by atoms with Gasteiger partial charge in [0, 0.05) is 29.3 Å². The van der Waals surface area contributed by atoms with Gasteiger partial charge in [0.2, 0.25) is 0 Å². The molecule has 258 valence electrons. The fourth-order valence-corrected chi connectivity index (χ4v) is 8.65. The normalized spacial score (nSPS) is 17.2. The molecule has 0 aliphatic carbocycles. The number of ether oxygens (including phenoxy) is 2. The summed E-state index contributed by atoms with van der Waals surface area (Å²) in [7, 11) is 0. The molecule has 0 unspecified atom stereocenters. The first-order valence-electron chi connectivity index (χ1n) is 16.0. The number of aromatic nitrogens is 3. The number of nitriles is 1. The number of benzene rings is 2. The molecule has 50 heavy (non-hydrogen) atoms. The number of fused-ring (bicyclic) bond motifs is 2. The second-order valence-corrected chi connectivity index (χ2v) is 13.8. The zero-order valence-corrected chi connectivity index (χ0v) is 27.2. The van der Waals surface area contributed by atoms with Crippen molar-refractivity contribution in [1.82, 2.24) is 19.9 Å². The number of hydrogen-bond acceptors (Lipinski definition) is 11. The molecule has 10 nitrogen and oxygen atoms in total. The molecule has 2 aromatic carbocycles. The SMILES string of the molecule is N#Cc1c(N)sc2c(F)ccc(-c3c(C(F)(F)F)c4c5c(nc(OCC67CCCN6CCC7)nc5c3F)N(Cc3cccnc3N)CCO4)c12. The highest BCUT2D eigenvalue weighted by Gasteiger charge is 2.46. The Labute approximate surface area is 286 Å². The molecular formula is C34H29F5N8O2S. The van der Waals surface area contributed by atoms with Gasteiger partial charge in [0.25, 0.3) is 0 Å². The molecule has 3 aliphatic rings. The minimum absolute atomic E-state index is 0.0364. The molecule has 2 fully saturated rings. The van der Waals surface area contributed by atoms with Crippen LogP contribution in [0.1, 0.15) is 42.4 Å². The largest absolute Gasteiger partial charge is 0.490 e. The number of rotatable bonds is 6. The van der Waals surface area contributed by atoms with Crippen molar-refractivity contribution >= 4 is 49.0 Å². The van der Waals surface area contributed by atoms with E-state index in [0.717, 1.165) is 50.9 Å². The molecule has 5 aromatic rings. The van der Waals surface area contributed by atoms with Crippen molar-refractivity contribution in [3.8, 4) is 29.0 Å². The van der Waals surface area contributed by atoms with Crippen LogP contribution in [0, 0.1) is 23.0 Å². The van der Waals surface area contributed by atoms with Gasteiger partial charge in [0.05, 0.1) is 27.7 Å². The summed E-state index contributed by atoms with van der Waals surface area (Å²) < 4.78 is 90.2. The Morgan fingerprint density at radius 1 is 1.06 bits per heavy atom. The van der Waals surface area contributed by atoms with Crippen LogP contribution < -0.4 is 25.8 Å². The van der Waals surface area contributed by atoms with Crippen molar-refractivity contribution in [3.63, 3.8) is 0 Å². The molecule has 6 heterocycles. The second kappa shape index (κ2) is 11.8. The first-order valence-corrected chi connectivity index (χ1v) is 16.8. The van der Waals surface area contributed by atoms with E-state index in [1.54, 1.807) is 17.0 Å². The Hall–Kier alpha value is -5.01. The summed E-state index contributed by atoms with van der Waals surface area (Å²) in [6.07, 6.45) is 0.124. The number of hydrogen-bond donors (Lipinski definition) is 2. The van der Waals surface area contributed by atoms with Crippen LogP contribution in [0.4, 0.5) is 38.6 Å². The quantitative estimate of drug-likeness (QED) is 0.185. The van der Waals surface area contributed by atoms with Gasteiger partial charge >= 0.3 is 12.2 Å². The molecule has 0 radical (unpaired) electrons. The average Bonchev–Trinajstić information content (AvgIpc) is 3.73. The van der Waals surface area contributed by atoms with Gasteiger partial charge in [-0.3, -0.25) is 4.90 Å². The lowest BCUT2D eigenvalue weighted by Gasteiger charge is -2.31. The summed E-state index contributed by atoms with van der Waals surface area (Å²) in [6.45, 7) is 1.92. The minimum atomic E-state index is -5.18. The summed E-state index contributed by atoms with van der Waals surface area (Å²) in [5.41, 5.74) is 8.95. The van der Waals surface area contributed by atoms with Gasteiger partial charge in [-0.1, -0.05) is 12.1 Å². The second-order valence-electron chi connectivity index (χ2n) is 12.7. The number of halogens is 5. The Balaban J connectivity index is 1.41. The minimum Gasteiger partial charge on any atom is -0.490 e. The van der Waals surface area contributed by atoms with Crippen LogP contribution in [0.25, 0.3) is 32.1 Å². The predicted molar refractivity (Wildman–Crippen MR) is 178 cm³/mol. The summed E-state index contributed by atoms with van der Waals surface area (Å²) in [5.74, 6) is -2.70. The molecule has 0 amide bonds. The first-order chi connectivity index (χ1) is 24.0. The van der Waals surface area contributed by atoms with E-state index < -0.39 is 40.2 Å². The Bertz CT molecular complexity index is 2230. The number of pyridine rings is 1. The van der Waals surface area contributed by atoms with Gasteiger partial charge in [-0.25, -0.2) is 13.8 Å². The maximum Gasteiger partial charge on any atom is 0.420 e. The van der Waals surface area contributed by atoms with Crippen molar-refractivity contribution in [2.24, 2.45) is 0 Å². The highest BCUT2D eigenvalue weighted by atomic mass is 32.1. The van der Waals surface area contributed by atoms with E-state index in [-0.39, 0.29) is 81.1 Å². The number of nitrogens with zero attached hydrogens (tertiary/aromatic N) is 6. The highest BCUT2D eigenvalue weighted by molar-refractivity contribution is 7.23. The standard InChI is InChI=1S/C34H29F5N8O2S/c35-20-6-5-18(21-19(14-40)30(42)50-28(20)21)22-24(34(37,38)39)27-23-26(25(22)36)44-32(49-16-33-7-2-10-47(33)11-3-8-33)45-31(23)46(12-13-48-27)15-17-4-1-9-43-29(17)41/h1,4-6,9H,2-3,7-8,10-13,15-16,42H2,(H2,41,43). The van der Waals surface area contributed by atoms with E-state index in [9.17, 15) is 5.26 Å². The Morgan fingerprint density at radius 3 is 2.56 bits per heavy atom. The fourth-order valence-electron chi connectivity index (χ4n) is 7.70. The molecule has 8 rings (SSSR count). The number of anilines is 3. The van der Waals surface area contributed by atoms with Gasteiger partial charge in [0.15, 0.2) is 5.82 Å². The van der Waals surface area contributed by atoms with E-state index in [4.69, 9.17) is 20.9 Å². The van der Waals surface area contributed by atoms with E-state index in [1.807, 2.05) is 6.07 Å². The van der Waals surface area contributed by atoms with Crippen LogP contribution in [-0.4, -0.2) is 58.2 Å². The lowest BCUT2D eigenvalue weighted by atomic mass is 9.91. The first kappa shape index (κ1) is 32.2. The zero-order chi connectivity index (χ0) is 34.9. The average molecular weight is 709 g/mol. The molecule has 0 bridgehead atoms. The third kappa shape index (κ3) is 5.01. The summed E-state index contributed by atoms with van der Waals surface area (Å²) >= 11 is 0.693. The molecule has 3 aromatic heterocycles. The summed E-state index contributed by atoms with van der Waals surface area (Å²) in [6, 6.07) is 6.96. The van der Waals surface area contributed by atoms with Gasteiger partial charge in [-0.15, -0.1) is 11.3 Å². The third-order valence-corrected chi connectivity index (χ3v) is 11.0. The zero-order valence-electron chi connectivity index (χ0n) is 26.4. The van der Waals surface area contributed by atoms with Crippen molar-refractivity contribution < 1.29 is 31.4 Å². The number of alkyl halides is 3. The maximum absolute atomic E-state index is 17.3. The van der Waals surface area contributed by atoms with Crippen LogP contribution in [0.15, 0.2) is 30.5 Å². The van der Waals surface area contributed by atoms with Crippen LogP contribution in [0.5, 0.6) is 11.8 Å². The van der Waals surface area contributed by atoms with Crippen molar-refractivity contribution in [3.05, 3.63) is 58.8 Å². The van der Waals surface area contributed by atoms with Crippen LogP contribution >= 0.6 is 11.3 Å². The lowest BCUT2D eigenvalue weighted by Crippen LogP contribution is -2.43. The maximum atomic E-state index is 17.3. The summed E-state index contributed by atoms with van der Waals surface area (Å²) in [5, 5.41) is 9.24. The molecule has 0 spiro atoms. The fraction of sp³-hybridized carbons (Fsp3) is 0.353. The molecule has 0 atom stereocenters. The number of nitrogen functional groups attached to an aromatic ring is 2. The molecule has 16 heteroatoms. The molecule has 4 N–H and O–H groups in total. The van der Waals surface area contributed by atoms with E-state index in [1.165, 1.54) is 6.20 Å². The monoisotopic (exact) mass is 708 g/mol. The van der Waals surface area contributed by atoms with Crippen molar-refractivity contribution in [2.75, 3.05) is 49.2 Å². The van der Waals surface area contributed by atoms with E-state index in [2.05, 4.69) is 19.9 Å². The van der Waals surface area contributed by atoms with Crippen molar-refractivity contribution in [1.29, 1.82) is 5.26 Å². The third-order valence-electron chi connectivity index (χ3n) is 9.96. The lowest BCUT2D eigenvalue weighted by molar-refractivity contribution is -0.138. The number of nitrogens with two attached hydrogens (primary N) is 2.